The van der Waals surface area contributed by atoms with Crippen molar-refractivity contribution in [3.8, 4) is 0 Å². The second-order valence-corrected chi connectivity index (χ2v) is 5.66. The van der Waals surface area contributed by atoms with Crippen LogP contribution in [0.15, 0.2) is 39.9 Å². The number of rotatable bonds is 8. The number of methoxy groups -OCH3 is 1. The number of halogens is 1. The first-order valence-electron chi connectivity index (χ1n) is 6.94. The van der Waals surface area contributed by atoms with Crippen molar-refractivity contribution in [3.63, 3.8) is 0 Å². The third-order valence-electron chi connectivity index (χ3n) is 3.04. The quantitative estimate of drug-likeness (QED) is 0.621. The molecule has 0 atom stereocenters. The SMILES string of the molecule is COCCNCc1ccc(NCc2cc(Br)c[nH]c2=O)nc1. The topological polar surface area (TPSA) is 79.0 Å². The van der Waals surface area contributed by atoms with Crippen molar-refractivity contribution >= 4 is 21.7 Å². The average Bonchev–Trinajstić information content (AvgIpc) is 2.53. The van der Waals surface area contributed by atoms with Crippen LogP contribution in [0, 0.1) is 0 Å². The highest BCUT2D eigenvalue weighted by Gasteiger charge is 2.02. The Labute approximate surface area is 137 Å². The largest absolute Gasteiger partial charge is 0.383 e. The van der Waals surface area contributed by atoms with Gasteiger partial charge in [-0.15, -0.1) is 0 Å². The van der Waals surface area contributed by atoms with Crippen LogP contribution >= 0.6 is 15.9 Å². The maximum atomic E-state index is 11.7. The summed E-state index contributed by atoms with van der Waals surface area (Å²) in [6.45, 7) is 2.67. The maximum Gasteiger partial charge on any atom is 0.252 e. The minimum Gasteiger partial charge on any atom is -0.383 e. The Morgan fingerprint density at radius 2 is 2.23 bits per heavy atom. The van der Waals surface area contributed by atoms with Gasteiger partial charge in [0.15, 0.2) is 0 Å². The van der Waals surface area contributed by atoms with Crippen molar-refractivity contribution in [2.45, 2.75) is 13.1 Å². The molecule has 118 valence electrons. The molecule has 2 aromatic rings. The van der Waals surface area contributed by atoms with Gasteiger partial charge in [-0.1, -0.05) is 6.07 Å². The van der Waals surface area contributed by atoms with E-state index in [0.717, 1.165) is 28.9 Å². The molecule has 6 nitrogen and oxygen atoms in total. The number of hydrogen-bond donors (Lipinski definition) is 3. The van der Waals surface area contributed by atoms with Crippen molar-refractivity contribution < 1.29 is 4.74 Å². The van der Waals surface area contributed by atoms with Crippen molar-refractivity contribution in [1.29, 1.82) is 0 Å². The van der Waals surface area contributed by atoms with E-state index in [9.17, 15) is 4.79 Å². The van der Waals surface area contributed by atoms with Gasteiger partial charge in [-0.05, 0) is 33.6 Å². The maximum absolute atomic E-state index is 11.7. The molecule has 2 rings (SSSR count). The number of hydrogen-bond acceptors (Lipinski definition) is 5. The summed E-state index contributed by atoms with van der Waals surface area (Å²) in [5.41, 5.74) is 1.65. The lowest BCUT2D eigenvalue weighted by Crippen LogP contribution is -2.18. The zero-order valence-corrected chi connectivity index (χ0v) is 13.9. The van der Waals surface area contributed by atoms with E-state index in [1.54, 1.807) is 19.4 Å². The van der Waals surface area contributed by atoms with E-state index in [2.05, 4.69) is 36.5 Å². The molecule has 2 heterocycles. The number of ether oxygens (including phenoxy) is 1. The molecule has 0 saturated heterocycles. The predicted octanol–water partition coefficient (Wildman–Crippen LogP) is 1.88. The molecule has 0 bridgehead atoms. The third-order valence-corrected chi connectivity index (χ3v) is 3.50. The second kappa shape index (κ2) is 8.67. The zero-order valence-electron chi connectivity index (χ0n) is 12.4. The van der Waals surface area contributed by atoms with Gasteiger partial charge in [-0.25, -0.2) is 4.98 Å². The Kier molecular flexibility index (Phi) is 6.57. The van der Waals surface area contributed by atoms with E-state index in [1.165, 1.54) is 0 Å². The van der Waals surface area contributed by atoms with Gasteiger partial charge in [0.1, 0.15) is 5.82 Å². The number of anilines is 1. The van der Waals surface area contributed by atoms with Crippen LogP contribution < -0.4 is 16.2 Å². The molecular formula is C15H19BrN4O2. The first kappa shape index (κ1) is 16.7. The molecule has 0 aliphatic rings. The van der Waals surface area contributed by atoms with Gasteiger partial charge in [0, 0.05) is 49.2 Å². The molecule has 0 aliphatic carbocycles. The van der Waals surface area contributed by atoms with Gasteiger partial charge < -0.3 is 20.4 Å². The standard InChI is InChI=1S/C15H19BrN4O2/c1-22-5-4-17-7-11-2-3-14(18-8-11)19-9-12-6-13(16)10-20-15(12)21/h2-3,6,8,10,17H,4-5,7,9H2,1H3,(H,18,19)(H,20,21). The highest BCUT2D eigenvalue weighted by molar-refractivity contribution is 9.10. The van der Waals surface area contributed by atoms with Gasteiger partial charge in [-0.3, -0.25) is 4.79 Å². The molecule has 0 aromatic carbocycles. The van der Waals surface area contributed by atoms with Crippen molar-refractivity contribution in [2.24, 2.45) is 0 Å². The number of nitrogens with one attached hydrogen (secondary N) is 3. The van der Waals surface area contributed by atoms with Crippen molar-refractivity contribution in [1.82, 2.24) is 15.3 Å². The molecule has 22 heavy (non-hydrogen) atoms. The average molecular weight is 367 g/mol. The number of aromatic amines is 1. The van der Waals surface area contributed by atoms with Crippen molar-refractivity contribution in [3.05, 3.63) is 56.5 Å². The van der Waals surface area contributed by atoms with Gasteiger partial charge in [0.05, 0.1) is 6.61 Å². The fourth-order valence-electron chi connectivity index (χ4n) is 1.86. The van der Waals surface area contributed by atoms with Crippen LogP contribution in [0.25, 0.3) is 0 Å². The van der Waals surface area contributed by atoms with Crippen LogP contribution in [0.5, 0.6) is 0 Å². The molecular weight excluding hydrogens is 348 g/mol. The van der Waals surface area contributed by atoms with Crippen LogP contribution in [0.2, 0.25) is 0 Å². The van der Waals surface area contributed by atoms with Crippen LogP contribution in [0.1, 0.15) is 11.1 Å². The lowest BCUT2D eigenvalue weighted by molar-refractivity contribution is 0.199. The second-order valence-electron chi connectivity index (χ2n) is 4.75. The molecule has 0 fully saturated rings. The molecule has 3 N–H and O–H groups in total. The van der Waals surface area contributed by atoms with Gasteiger partial charge in [-0.2, -0.15) is 0 Å². The number of aromatic nitrogens is 2. The van der Waals surface area contributed by atoms with E-state index < -0.39 is 0 Å². The molecule has 7 heteroatoms. The first-order valence-corrected chi connectivity index (χ1v) is 7.74. The molecule has 0 spiro atoms. The summed E-state index contributed by atoms with van der Waals surface area (Å²) in [6.07, 6.45) is 3.43. The van der Waals surface area contributed by atoms with Gasteiger partial charge >= 0.3 is 0 Å². The lowest BCUT2D eigenvalue weighted by atomic mass is 10.2. The molecule has 0 aliphatic heterocycles. The summed E-state index contributed by atoms with van der Waals surface area (Å²) >= 11 is 3.34. The van der Waals surface area contributed by atoms with E-state index in [0.29, 0.717) is 18.7 Å². The third kappa shape index (κ3) is 5.25. The molecule has 0 unspecified atom stereocenters. The predicted molar refractivity (Wildman–Crippen MR) is 89.9 cm³/mol. The highest BCUT2D eigenvalue weighted by atomic mass is 79.9. The van der Waals surface area contributed by atoms with E-state index in [-0.39, 0.29) is 5.56 Å². The number of H-pyrrole nitrogens is 1. The molecule has 2 aromatic heterocycles. The first-order chi connectivity index (χ1) is 10.7. The normalized spacial score (nSPS) is 10.6. The summed E-state index contributed by atoms with van der Waals surface area (Å²) in [5.74, 6) is 0.736. The van der Waals surface area contributed by atoms with E-state index in [1.807, 2.05) is 18.3 Å². The Hall–Kier alpha value is -1.70. The summed E-state index contributed by atoms with van der Waals surface area (Å²) in [6, 6.07) is 5.69. The van der Waals surface area contributed by atoms with Crippen LogP contribution in [0.4, 0.5) is 5.82 Å². The van der Waals surface area contributed by atoms with E-state index in [4.69, 9.17) is 4.74 Å². The van der Waals surface area contributed by atoms with Crippen LogP contribution in [-0.4, -0.2) is 30.2 Å². The lowest BCUT2D eigenvalue weighted by Gasteiger charge is -2.07. The Balaban J connectivity index is 1.86. The summed E-state index contributed by atoms with van der Waals surface area (Å²) in [4.78, 5) is 18.7. The van der Waals surface area contributed by atoms with Crippen LogP contribution in [0.3, 0.4) is 0 Å². The van der Waals surface area contributed by atoms with Gasteiger partial charge in [0.2, 0.25) is 0 Å². The monoisotopic (exact) mass is 366 g/mol. The summed E-state index contributed by atoms with van der Waals surface area (Å²) in [5, 5.41) is 6.40. The summed E-state index contributed by atoms with van der Waals surface area (Å²) in [7, 11) is 1.68. The molecule has 0 amide bonds. The molecule has 0 saturated carbocycles. The Morgan fingerprint density at radius 3 is 2.95 bits per heavy atom. The van der Waals surface area contributed by atoms with E-state index >= 15 is 0 Å². The fourth-order valence-corrected chi connectivity index (χ4v) is 2.25. The minimum absolute atomic E-state index is 0.102. The van der Waals surface area contributed by atoms with Crippen molar-refractivity contribution in [2.75, 3.05) is 25.6 Å². The summed E-state index contributed by atoms with van der Waals surface area (Å²) < 4.78 is 5.81. The Bertz CT molecular complexity index is 643. The highest BCUT2D eigenvalue weighted by Crippen LogP contribution is 2.09. The Morgan fingerprint density at radius 1 is 1.36 bits per heavy atom. The molecule has 0 radical (unpaired) electrons. The number of pyridine rings is 2. The zero-order chi connectivity index (χ0) is 15.8. The number of nitrogens with zero attached hydrogens (tertiary/aromatic N) is 1. The van der Waals surface area contributed by atoms with Gasteiger partial charge in [0.25, 0.3) is 5.56 Å². The van der Waals surface area contributed by atoms with Crippen LogP contribution in [-0.2, 0) is 17.8 Å². The fraction of sp³-hybridized carbons (Fsp3) is 0.333. The minimum atomic E-state index is -0.102. The smallest absolute Gasteiger partial charge is 0.252 e.